The van der Waals surface area contributed by atoms with E-state index in [0.29, 0.717) is 18.8 Å². The second kappa shape index (κ2) is 9.10. The maximum absolute atomic E-state index is 11.4. The van der Waals surface area contributed by atoms with Crippen LogP contribution in [0.15, 0.2) is 30.3 Å². The summed E-state index contributed by atoms with van der Waals surface area (Å²) in [4.78, 5) is 11.4. The smallest absolute Gasteiger partial charge is 0.412 e. The van der Waals surface area contributed by atoms with Crippen LogP contribution in [0.1, 0.15) is 25.3 Å². The summed E-state index contributed by atoms with van der Waals surface area (Å²) in [5.41, 5.74) is 0.638. The van der Waals surface area contributed by atoms with Gasteiger partial charge in [0.2, 0.25) is 0 Å². The average molecular weight is 264 g/mol. The van der Waals surface area contributed by atoms with Gasteiger partial charge >= 0.3 is 6.09 Å². The van der Waals surface area contributed by atoms with Gasteiger partial charge in [0.25, 0.3) is 0 Å². The van der Waals surface area contributed by atoms with Crippen LogP contribution in [0.3, 0.4) is 0 Å². The molecule has 1 aromatic rings. The van der Waals surface area contributed by atoms with E-state index in [2.05, 4.69) is 12.2 Å². The predicted octanol–water partition coefficient (Wildman–Crippen LogP) is 2.55. The van der Waals surface area contributed by atoms with Crippen LogP contribution in [0.5, 0.6) is 0 Å². The van der Waals surface area contributed by atoms with Gasteiger partial charge in [-0.3, -0.25) is 10.7 Å². The molecular formula is C14H20N2O3. The maximum atomic E-state index is 11.4. The zero-order valence-corrected chi connectivity index (χ0v) is 11.1. The molecule has 0 aliphatic rings. The first kappa shape index (κ1) is 15.2. The van der Waals surface area contributed by atoms with Gasteiger partial charge in [0.1, 0.15) is 12.4 Å². The fraction of sp³-hybridized carbons (Fsp3) is 0.429. The van der Waals surface area contributed by atoms with E-state index in [1.165, 1.54) is 0 Å². The minimum absolute atomic E-state index is 0.0255. The Labute approximate surface area is 113 Å². The van der Waals surface area contributed by atoms with Crippen molar-refractivity contribution < 1.29 is 14.3 Å². The van der Waals surface area contributed by atoms with Gasteiger partial charge in [0.15, 0.2) is 0 Å². The Kier molecular flexibility index (Phi) is 7.27. The third-order valence-electron chi connectivity index (χ3n) is 2.39. The van der Waals surface area contributed by atoms with Crippen LogP contribution in [-0.4, -0.2) is 31.7 Å². The lowest BCUT2D eigenvalue weighted by molar-refractivity contribution is 0.0733. The molecule has 1 rings (SSSR count). The topological polar surface area (TPSA) is 71.4 Å². The van der Waals surface area contributed by atoms with Crippen molar-refractivity contribution >= 4 is 11.9 Å². The molecule has 0 bridgehead atoms. The molecule has 0 aliphatic heterocycles. The zero-order valence-electron chi connectivity index (χ0n) is 11.1. The SMILES string of the molecule is CCCCOCCOC(=O)NC(=N)c1ccccc1. The molecular weight excluding hydrogens is 244 g/mol. The second-order valence-corrected chi connectivity index (χ2v) is 3.97. The first-order chi connectivity index (χ1) is 9.24. The molecule has 0 spiro atoms. The second-order valence-electron chi connectivity index (χ2n) is 3.97. The van der Waals surface area contributed by atoms with Gasteiger partial charge in [-0.1, -0.05) is 43.7 Å². The van der Waals surface area contributed by atoms with Crippen LogP contribution in [0, 0.1) is 5.41 Å². The number of nitrogens with one attached hydrogen (secondary N) is 2. The quantitative estimate of drug-likeness (QED) is 0.451. The summed E-state index contributed by atoms with van der Waals surface area (Å²) in [6.07, 6.45) is 1.45. The summed E-state index contributed by atoms with van der Waals surface area (Å²) in [6.45, 7) is 3.34. The van der Waals surface area contributed by atoms with Crippen molar-refractivity contribution in [2.45, 2.75) is 19.8 Å². The summed E-state index contributed by atoms with van der Waals surface area (Å²) in [7, 11) is 0. The monoisotopic (exact) mass is 264 g/mol. The number of hydrogen-bond acceptors (Lipinski definition) is 4. The van der Waals surface area contributed by atoms with Gasteiger partial charge < -0.3 is 9.47 Å². The molecule has 0 radical (unpaired) electrons. The molecule has 104 valence electrons. The third kappa shape index (κ3) is 6.57. The average Bonchev–Trinajstić information content (AvgIpc) is 2.43. The van der Waals surface area contributed by atoms with E-state index >= 15 is 0 Å². The fourth-order valence-electron chi connectivity index (χ4n) is 1.36. The van der Waals surface area contributed by atoms with Gasteiger partial charge in [0.05, 0.1) is 6.61 Å². The van der Waals surface area contributed by atoms with Crippen molar-refractivity contribution in [3.63, 3.8) is 0 Å². The number of amides is 1. The van der Waals surface area contributed by atoms with Crippen LogP contribution in [0.25, 0.3) is 0 Å². The molecule has 19 heavy (non-hydrogen) atoms. The van der Waals surface area contributed by atoms with E-state index in [1.807, 2.05) is 6.07 Å². The molecule has 0 aromatic heterocycles. The Bertz CT molecular complexity index is 393. The number of unbranched alkanes of at least 4 members (excludes halogenated alkanes) is 1. The molecule has 1 amide bonds. The molecule has 0 fully saturated rings. The normalized spacial score (nSPS) is 9.95. The van der Waals surface area contributed by atoms with Crippen LogP contribution < -0.4 is 5.32 Å². The minimum atomic E-state index is -0.632. The van der Waals surface area contributed by atoms with Crippen LogP contribution in [0.2, 0.25) is 0 Å². The van der Waals surface area contributed by atoms with Gasteiger partial charge in [-0.2, -0.15) is 0 Å². The van der Waals surface area contributed by atoms with E-state index in [9.17, 15) is 4.79 Å². The highest BCUT2D eigenvalue weighted by molar-refractivity contribution is 6.04. The van der Waals surface area contributed by atoms with E-state index in [-0.39, 0.29) is 12.4 Å². The Morgan fingerprint density at radius 3 is 2.63 bits per heavy atom. The minimum Gasteiger partial charge on any atom is -0.447 e. The molecule has 2 N–H and O–H groups in total. The molecule has 5 heteroatoms. The van der Waals surface area contributed by atoms with Crippen molar-refractivity contribution in [2.24, 2.45) is 0 Å². The van der Waals surface area contributed by atoms with Crippen LogP contribution in [0.4, 0.5) is 4.79 Å². The molecule has 1 aromatic carbocycles. The van der Waals surface area contributed by atoms with Gasteiger partial charge in [0, 0.05) is 12.2 Å². The van der Waals surface area contributed by atoms with Crippen molar-refractivity contribution in [3.8, 4) is 0 Å². The van der Waals surface area contributed by atoms with Gasteiger partial charge in [-0.15, -0.1) is 0 Å². The summed E-state index contributed by atoms with van der Waals surface area (Å²) in [5, 5.41) is 10.1. The predicted molar refractivity (Wildman–Crippen MR) is 73.5 cm³/mol. The molecule has 0 unspecified atom stereocenters. The summed E-state index contributed by atoms with van der Waals surface area (Å²) in [5.74, 6) is 0.0255. The number of rotatable bonds is 7. The summed E-state index contributed by atoms with van der Waals surface area (Å²) < 4.78 is 10.2. The van der Waals surface area contributed by atoms with E-state index in [0.717, 1.165) is 12.8 Å². The highest BCUT2D eigenvalue weighted by Gasteiger charge is 2.06. The standard InChI is InChI=1S/C14H20N2O3/c1-2-3-9-18-10-11-19-14(17)16-13(15)12-7-5-4-6-8-12/h4-8H,2-3,9-11H2,1H3,(H2,15,16,17). The van der Waals surface area contributed by atoms with E-state index < -0.39 is 6.09 Å². The van der Waals surface area contributed by atoms with Crippen molar-refractivity contribution in [1.29, 1.82) is 5.41 Å². The van der Waals surface area contributed by atoms with Crippen LogP contribution in [-0.2, 0) is 9.47 Å². The summed E-state index contributed by atoms with van der Waals surface area (Å²) >= 11 is 0. The number of hydrogen-bond donors (Lipinski definition) is 2. The Balaban J connectivity index is 2.16. The number of benzene rings is 1. The lowest BCUT2D eigenvalue weighted by atomic mass is 10.2. The third-order valence-corrected chi connectivity index (χ3v) is 2.39. The zero-order chi connectivity index (χ0) is 13.9. The largest absolute Gasteiger partial charge is 0.447 e. The number of ether oxygens (including phenoxy) is 2. The highest BCUT2D eigenvalue weighted by Crippen LogP contribution is 1.97. The molecule has 0 heterocycles. The highest BCUT2D eigenvalue weighted by atomic mass is 16.6. The lowest BCUT2D eigenvalue weighted by Gasteiger charge is -2.08. The molecule has 5 nitrogen and oxygen atoms in total. The first-order valence-electron chi connectivity index (χ1n) is 6.39. The number of carbonyl (C=O) groups is 1. The Morgan fingerprint density at radius 1 is 1.21 bits per heavy atom. The molecule has 0 atom stereocenters. The maximum Gasteiger partial charge on any atom is 0.412 e. The summed E-state index contributed by atoms with van der Waals surface area (Å²) in [6, 6.07) is 8.95. The van der Waals surface area contributed by atoms with E-state index in [1.54, 1.807) is 24.3 Å². The fourth-order valence-corrected chi connectivity index (χ4v) is 1.36. The van der Waals surface area contributed by atoms with Gasteiger partial charge in [-0.05, 0) is 6.42 Å². The molecule has 0 saturated carbocycles. The first-order valence-corrected chi connectivity index (χ1v) is 6.39. The number of carbonyl (C=O) groups excluding carboxylic acids is 1. The number of amidine groups is 1. The Hall–Kier alpha value is -1.88. The van der Waals surface area contributed by atoms with Crippen molar-refractivity contribution in [1.82, 2.24) is 5.32 Å². The van der Waals surface area contributed by atoms with Gasteiger partial charge in [-0.25, -0.2) is 4.79 Å². The number of alkyl carbamates (subject to hydrolysis) is 1. The molecule has 0 aliphatic carbocycles. The Morgan fingerprint density at radius 2 is 1.95 bits per heavy atom. The van der Waals surface area contributed by atoms with Crippen LogP contribution >= 0.6 is 0 Å². The van der Waals surface area contributed by atoms with E-state index in [4.69, 9.17) is 14.9 Å². The molecule has 0 saturated heterocycles. The van der Waals surface area contributed by atoms with Crippen molar-refractivity contribution in [3.05, 3.63) is 35.9 Å². The van der Waals surface area contributed by atoms with Crippen molar-refractivity contribution in [2.75, 3.05) is 19.8 Å². The lowest BCUT2D eigenvalue weighted by Crippen LogP contribution is -2.31.